The number of hydrogen-bond acceptors (Lipinski definition) is 3. The van der Waals surface area contributed by atoms with Crippen molar-refractivity contribution in [2.45, 2.75) is 12.8 Å². The first-order chi connectivity index (χ1) is 6.54. The van der Waals surface area contributed by atoms with Crippen LogP contribution in [-0.2, 0) is 14.8 Å². The van der Waals surface area contributed by atoms with Crippen LogP contribution in [0.3, 0.4) is 0 Å². The number of alkyl halides is 1. The van der Waals surface area contributed by atoms with E-state index in [0.717, 1.165) is 11.8 Å². The highest BCUT2D eigenvalue weighted by molar-refractivity contribution is 9.09. The Morgan fingerprint density at radius 1 is 1.36 bits per heavy atom. The van der Waals surface area contributed by atoms with E-state index in [1.165, 1.54) is 4.31 Å². The summed E-state index contributed by atoms with van der Waals surface area (Å²) in [6, 6.07) is 0. The zero-order valence-electron chi connectivity index (χ0n) is 8.70. The largest absolute Gasteiger partial charge is 0.385 e. The first-order valence-electron chi connectivity index (χ1n) is 4.53. The lowest BCUT2D eigenvalue weighted by Gasteiger charge is -2.16. The van der Waals surface area contributed by atoms with E-state index >= 15 is 0 Å². The SMILES string of the molecule is COCCCS(=O)(=O)N(C)CCCBr. The van der Waals surface area contributed by atoms with Crippen molar-refractivity contribution in [2.75, 3.05) is 38.4 Å². The van der Waals surface area contributed by atoms with Gasteiger partial charge in [-0.3, -0.25) is 0 Å². The van der Waals surface area contributed by atoms with Gasteiger partial charge in [0.1, 0.15) is 0 Å². The molecule has 0 aromatic carbocycles. The lowest BCUT2D eigenvalue weighted by atomic mass is 10.5. The van der Waals surface area contributed by atoms with Gasteiger partial charge in [0.25, 0.3) is 0 Å². The molecular formula is C8H18BrNO3S. The Bertz CT molecular complexity index is 231. The predicted molar refractivity (Wildman–Crippen MR) is 61.3 cm³/mol. The van der Waals surface area contributed by atoms with Crippen LogP contribution in [0.25, 0.3) is 0 Å². The molecule has 0 aliphatic carbocycles. The van der Waals surface area contributed by atoms with E-state index in [1.54, 1.807) is 14.2 Å². The van der Waals surface area contributed by atoms with E-state index in [9.17, 15) is 8.42 Å². The predicted octanol–water partition coefficient (Wildman–Crippen LogP) is 1.07. The summed E-state index contributed by atoms with van der Waals surface area (Å²) >= 11 is 3.27. The summed E-state index contributed by atoms with van der Waals surface area (Å²) < 4.78 is 29.3. The van der Waals surface area contributed by atoms with E-state index in [-0.39, 0.29) is 5.75 Å². The average molecular weight is 288 g/mol. The minimum atomic E-state index is -3.07. The normalized spacial score (nSPS) is 12.3. The van der Waals surface area contributed by atoms with Crippen LogP contribution in [0.5, 0.6) is 0 Å². The summed E-state index contributed by atoms with van der Waals surface area (Å²) in [4.78, 5) is 0. The fourth-order valence-corrected chi connectivity index (χ4v) is 2.42. The summed E-state index contributed by atoms with van der Waals surface area (Å²) in [6.45, 7) is 1.06. The van der Waals surface area contributed by atoms with Crippen molar-refractivity contribution in [1.82, 2.24) is 4.31 Å². The van der Waals surface area contributed by atoms with Crippen LogP contribution in [0.4, 0.5) is 0 Å². The molecule has 0 saturated carbocycles. The van der Waals surface area contributed by atoms with E-state index in [2.05, 4.69) is 15.9 Å². The van der Waals surface area contributed by atoms with Crippen molar-refractivity contribution in [3.05, 3.63) is 0 Å². The highest BCUT2D eigenvalue weighted by Gasteiger charge is 2.16. The van der Waals surface area contributed by atoms with Gasteiger partial charge in [0.05, 0.1) is 5.75 Å². The molecule has 0 aromatic heterocycles. The van der Waals surface area contributed by atoms with E-state index < -0.39 is 10.0 Å². The second-order valence-electron chi connectivity index (χ2n) is 3.03. The Hall–Kier alpha value is 0.350. The number of halogens is 1. The molecule has 0 fully saturated rings. The first-order valence-corrected chi connectivity index (χ1v) is 7.26. The molecule has 0 unspecified atom stereocenters. The number of ether oxygens (including phenoxy) is 1. The lowest BCUT2D eigenvalue weighted by molar-refractivity contribution is 0.199. The molecule has 0 rings (SSSR count). The second-order valence-corrected chi connectivity index (χ2v) is 6.01. The molecule has 6 heteroatoms. The van der Waals surface area contributed by atoms with Crippen molar-refractivity contribution in [3.8, 4) is 0 Å². The van der Waals surface area contributed by atoms with Crippen molar-refractivity contribution in [2.24, 2.45) is 0 Å². The Morgan fingerprint density at radius 3 is 2.50 bits per heavy atom. The number of methoxy groups -OCH3 is 1. The van der Waals surface area contributed by atoms with Gasteiger partial charge in [-0.25, -0.2) is 12.7 Å². The molecule has 0 spiro atoms. The third-order valence-electron chi connectivity index (χ3n) is 1.83. The number of hydrogen-bond donors (Lipinski definition) is 0. The monoisotopic (exact) mass is 287 g/mol. The molecule has 4 nitrogen and oxygen atoms in total. The molecule has 0 aromatic rings. The van der Waals surface area contributed by atoms with Crippen LogP contribution in [0.2, 0.25) is 0 Å². The number of rotatable bonds is 8. The molecule has 0 amide bonds. The second kappa shape index (κ2) is 7.62. The van der Waals surface area contributed by atoms with E-state index in [1.807, 2.05) is 0 Å². The summed E-state index contributed by atoms with van der Waals surface area (Å²) in [5, 5.41) is 0.824. The lowest BCUT2D eigenvalue weighted by Crippen LogP contribution is -2.30. The molecule has 0 bridgehead atoms. The molecular weight excluding hydrogens is 270 g/mol. The molecule has 0 saturated heterocycles. The maximum atomic E-state index is 11.6. The van der Waals surface area contributed by atoms with Gasteiger partial charge in [0.2, 0.25) is 10.0 Å². The van der Waals surface area contributed by atoms with Crippen molar-refractivity contribution in [1.29, 1.82) is 0 Å². The van der Waals surface area contributed by atoms with Gasteiger partial charge < -0.3 is 4.74 Å². The molecule has 0 atom stereocenters. The Balaban J connectivity index is 3.91. The van der Waals surface area contributed by atoms with Gasteiger partial charge in [-0.15, -0.1) is 0 Å². The average Bonchev–Trinajstić information content (AvgIpc) is 2.14. The standard InChI is InChI=1S/C8H18BrNO3S/c1-10(6-3-5-9)14(11,12)8-4-7-13-2/h3-8H2,1-2H3. The smallest absolute Gasteiger partial charge is 0.213 e. The van der Waals surface area contributed by atoms with Gasteiger partial charge >= 0.3 is 0 Å². The van der Waals surface area contributed by atoms with Gasteiger partial charge in [0.15, 0.2) is 0 Å². The maximum Gasteiger partial charge on any atom is 0.213 e. The Morgan fingerprint density at radius 2 is 2.00 bits per heavy atom. The minimum Gasteiger partial charge on any atom is -0.385 e. The van der Waals surface area contributed by atoms with Crippen molar-refractivity contribution < 1.29 is 13.2 Å². The molecule has 0 aliphatic heterocycles. The van der Waals surface area contributed by atoms with Crippen molar-refractivity contribution in [3.63, 3.8) is 0 Å². The maximum absolute atomic E-state index is 11.6. The Labute approximate surface area is 94.8 Å². The van der Waals surface area contributed by atoms with Gasteiger partial charge in [-0.2, -0.15) is 0 Å². The van der Waals surface area contributed by atoms with Crippen LogP contribution < -0.4 is 0 Å². The van der Waals surface area contributed by atoms with Crippen LogP contribution in [0.15, 0.2) is 0 Å². The van der Waals surface area contributed by atoms with Crippen molar-refractivity contribution >= 4 is 26.0 Å². The fourth-order valence-electron chi connectivity index (χ4n) is 0.963. The summed E-state index contributed by atoms with van der Waals surface area (Å²) in [7, 11) is 0.114. The molecule has 0 aliphatic rings. The zero-order valence-corrected chi connectivity index (χ0v) is 11.1. The van der Waals surface area contributed by atoms with Gasteiger partial charge in [-0.05, 0) is 12.8 Å². The van der Waals surface area contributed by atoms with Gasteiger partial charge in [-0.1, -0.05) is 15.9 Å². The fraction of sp³-hybridized carbons (Fsp3) is 1.00. The van der Waals surface area contributed by atoms with Crippen LogP contribution in [-0.4, -0.2) is 51.1 Å². The van der Waals surface area contributed by atoms with E-state index in [0.29, 0.717) is 19.6 Å². The Kier molecular flexibility index (Phi) is 7.81. The highest BCUT2D eigenvalue weighted by atomic mass is 79.9. The number of sulfonamides is 1. The number of nitrogens with zero attached hydrogens (tertiary/aromatic N) is 1. The molecule has 0 radical (unpaired) electrons. The molecule has 86 valence electrons. The summed E-state index contributed by atoms with van der Waals surface area (Å²) in [5.74, 6) is 0.166. The quantitative estimate of drug-likeness (QED) is 0.496. The molecule has 0 heterocycles. The minimum absolute atomic E-state index is 0.166. The zero-order chi connectivity index (χ0) is 11.0. The van der Waals surface area contributed by atoms with Crippen LogP contribution in [0.1, 0.15) is 12.8 Å². The summed E-state index contributed by atoms with van der Waals surface area (Å²) in [5.41, 5.74) is 0. The third-order valence-corrected chi connectivity index (χ3v) is 4.33. The molecule has 14 heavy (non-hydrogen) atoms. The van der Waals surface area contributed by atoms with Crippen LogP contribution >= 0.6 is 15.9 Å². The summed E-state index contributed by atoms with van der Waals surface area (Å²) in [6.07, 6.45) is 1.39. The first kappa shape index (κ1) is 14.3. The highest BCUT2D eigenvalue weighted by Crippen LogP contribution is 2.02. The third kappa shape index (κ3) is 5.95. The van der Waals surface area contributed by atoms with Crippen LogP contribution in [0, 0.1) is 0 Å². The topological polar surface area (TPSA) is 46.6 Å². The van der Waals surface area contributed by atoms with Gasteiger partial charge in [0, 0.05) is 32.6 Å². The van der Waals surface area contributed by atoms with E-state index in [4.69, 9.17) is 4.74 Å². The molecule has 0 N–H and O–H groups in total.